The molecule has 1 aliphatic rings. The lowest BCUT2D eigenvalue weighted by Crippen LogP contribution is -2.32. The van der Waals surface area contributed by atoms with Crippen LogP contribution in [0, 0.1) is 5.92 Å². The number of nitrogens with one attached hydrogen (secondary N) is 1. The minimum Gasteiger partial charge on any atom is -0.468 e. The minimum absolute atomic E-state index is 0.00603. The maximum atomic E-state index is 11.8. The molecule has 1 aromatic heterocycles. The second kappa shape index (κ2) is 7.17. The highest BCUT2D eigenvalue weighted by atomic mass is 32.2. The summed E-state index contributed by atoms with van der Waals surface area (Å²) in [7, 11) is -2.98. The van der Waals surface area contributed by atoms with Gasteiger partial charge < -0.3 is 9.73 Å². The van der Waals surface area contributed by atoms with Crippen molar-refractivity contribution >= 4 is 27.5 Å². The van der Waals surface area contributed by atoms with Gasteiger partial charge in [-0.1, -0.05) is 0 Å². The van der Waals surface area contributed by atoms with Crippen LogP contribution in [0.4, 0.5) is 0 Å². The number of carbonyl (C=O) groups is 1. The van der Waals surface area contributed by atoms with Crippen molar-refractivity contribution in [2.24, 2.45) is 5.92 Å². The Morgan fingerprint density at radius 1 is 1.50 bits per heavy atom. The molecule has 1 amide bonds. The van der Waals surface area contributed by atoms with Crippen LogP contribution in [0.25, 0.3) is 0 Å². The zero-order chi connectivity index (χ0) is 14.4. The van der Waals surface area contributed by atoms with Gasteiger partial charge in [-0.05, 0) is 30.7 Å². The second-order valence-electron chi connectivity index (χ2n) is 4.88. The molecule has 1 fully saturated rings. The molecule has 2 heterocycles. The van der Waals surface area contributed by atoms with Crippen LogP contribution >= 0.6 is 11.8 Å². The molecule has 0 radical (unpaired) electrons. The van der Waals surface area contributed by atoms with E-state index in [1.165, 1.54) is 0 Å². The van der Waals surface area contributed by atoms with Crippen molar-refractivity contribution in [1.29, 1.82) is 0 Å². The number of hydrogen-bond acceptors (Lipinski definition) is 5. The Balaban J connectivity index is 1.54. The van der Waals surface area contributed by atoms with E-state index in [0.717, 1.165) is 23.7 Å². The third-order valence-electron chi connectivity index (χ3n) is 3.19. The second-order valence-corrected chi connectivity index (χ2v) is 8.21. The number of rotatable bonds is 7. The first kappa shape index (κ1) is 15.4. The van der Waals surface area contributed by atoms with Crippen LogP contribution in [0.5, 0.6) is 0 Å². The fraction of sp³-hybridized carbons (Fsp3) is 0.615. The summed E-state index contributed by atoms with van der Waals surface area (Å²) in [4.78, 5) is 11.8. The van der Waals surface area contributed by atoms with E-state index in [0.29, 0.717) is 13.0 Å². The Hall–Kier alpha value is -0.950. The highest BCUT2D eigenvalue weighted by molar-refractivity contribution is 7.98. The fourth-order valence-electron chi connectivity index (χ4n) is 2.10. The van der Waals surface area contributed by atoms with Crippen molar-refractivity contribution in [3.05, 3.63) is 24.2 Å². The van der Waals surface area contributed by atoms with E-state index < -0.39 is 9.84 Å². The van der Waals surface area contributed by atoms with Crippen LogP contribution in [-0.2, 0) is 20.4 Å². The van der Waals surface area contributed by atoms with E-state index in [-0.39, 0.29) is 23.3 Å². The Bertz CT molecular complexity index is 525. The summed E-state index contributed by atoms with van der Waals surface area (Å²) in [5.41, 5.74) is 0. The van der Waals surface area contributed by atoms with Gasteiger partial charge in [-0.3, -0.25) is 4.79 Å². The molecule has 5 nitrogen and oxygen atoms in total. The summed E-state index contributed by atoms with van der Waals surface area (Å²) in [5, 5.41) is 2.82. The molecule has 1 saturated heterocycles. The van der Waals surface area contributed by atoms with E-state index in [1.807, 2.05) is 12.1 Å². The summed E-state index contributed by atoms with van der Waals surface area (Å²) >= 11 is 1.75. The van der Waals surface area contributed by atoms with E-state index in [9.17, 15) is 13.2 Å². The maximum absolute atomic E-state index is 11.8. The lowest BCUT2D eigenvalue weighted by Gasteiger charge is -2.08. The van der Waals surface area contributed by atoms with Crippen molar-refractivity contribution in [3.63, 3.8) is 0 Å². The summed E-state index contributed by atoms with van der Waals surface area (Å²) < 4.78 is 27.8. The predicted octanol–water partition coefficient (Wildman–Crippen LogP) is 1.45. The summed E-state index contributed by atoms with van der Waals surface area (Å²) in [6, 6.07) is 3.81. The summed E-state index contributed by atoms with van der Waals surface area (Å²) in [5.74, 6) is 2.40. The molecule has 0 aromatic carbocycles. The van der Waals surface area contributed by atoms with Crippen molar-refractivity contribution in [1.82, 2.24) is 5.32 Å². The lowest BCUT2D eigenvalue weighted by molar-refractivity contribution is -0.124. The molecule has 1 aromatic rings. The summed E-state index contributed by atoms with van der Waals surface area (Å²) in [6.07, 6.45) is 2.99. The first-order valence-electron chi connectivity index (χ1n) is 6.65. The molecule has 1 N–H and O–H groups in total. The normalized spacial score (nSPS) is 20.9. The van der Waals surface area contributed by atoms with Gasteiger partial charge in [0.05, 0.1) is 29.4 Å². The van der Waals surface area contributed by atoms with Crippen LogP contribution in [0.2, 0.25) is 0 Å². The van der Waals surface area contributed by atoms with Gasteiger partial charge >= 0.3 is 0 Å². The first-order chi connectivity index (χ1) is 9.57. The van der Waals surface area contributed by atoms with Crippen LogP contribution in [0.15, 0.2) is 22.8 Å². The van der Waals surface area contributed by atoms with Crippen LogP contribution < -0.4 is 5.32 Å². The van der Waals surface area contributed by atoms with Gasteiger partial charge in [0.2, 0.25) is 5.91 Å². The zero-order valence-electron chi connectivity index (χ0n) is 11.2. The third kappa shape index (κ3) is 4.86. The van der Waals surface area contributed by atoms with Gasteiger partial charge in [0.15, 0.2) is 9.84 Å². The predicted molar refractivity (Wildman–Crippen MR) is 79.3 cm³/mol. The highest BCUT2D eigenvalue weighted by Crippen LogP contribution is 2.18. The average molecular weight is 317 g/mol. The van der Waals surface area contributed by atoms with Crippen molar-refractivity contribution in [3.8, 4) is 0 Å². The van der Waals surface area contributed by atoms with Crippen LogP contribution in [0.3, 0.4) is 0 Å². The molecule has 1 aliphatic heterocycles. The minimum atomic E-state index is -2.98. The van der Waals surface area contributed by atoms with Gasteiger partial charge in [-0.2, -0.15) is 11.8 Å². The molecule has 2 rings (SSSR count). The number of thioether (sulfide) groups is 1. The highest BCUT2D eigenvalue weighted by Gasteiger charge is 2.32. The lowest BCUT2D eigenvalue weighted by atomic mass is 10.1. The van der Waals surface area contributed by atoms with Gasteiger partial charge in [0.25, 0.3) is 0 Å². The quantitative estimate of drug-likeness (QED) is 0.770. The standard InChI is InChI=1S/C13H19NO4S2/c15-13(11-4-8-20(16,17)10-11)14-5-2-7-19-9-12-3-1-6-18-12/h1,3,6,11H,2,4-5,7-10H2,(H,14,15)/t11-/m1/s1. The third-order valence-corrected chi connectivity index (χ3v) is 6.03. The molecule has 7 heteroatoms. The number of hydrogen-bond donors (Lipinski definition) is 1. The number of carbonyl (C=O) groups excluding carboxylic acids is 1. The zero-order valence-corrected chi connectivity index (χ0v) is 12.8. The molecular formula is C13H19NO4S2. The smallest absolute Gasteiger partial charge is 0.224 e. The maximum Gasteiger partial charge on any atom is 0.224 e. The van der Waals surface area contributed by atoms with E-state index in [4.69, 9.17) is 4.42 Å². The van der Waals surface area contributed by atoms with Crippen molar-refractivity contribution < 1.29 is 17.6 Å². The van der Waals surface area contributed by atoms with Crippen molar-refractivity contribution in [2.45, 2.75) is 18.6 Å². The van der Waals surface area contributed by atoms with Crippen molar-refractivity contribution in [2.75, 3.05) is 23.8 Å². The monoisotopic (exact) mass is 317 g/mol. The number of sulfone groups is 1. The van der Waals surface area contributed by atoms with Gasteiger partial charge in [-0.25, -0.2) is 8.42 Å². The molecular weight excluding hydrogens is 298 g/mol. The number of furan rings is 1. The molecule has 0 unspecified atom stereocenters. The molecule has 0 bridgehead atoms. The van der Waals surface area contributed by atoms with E-state index in [1.54, 1.807) is 18.0 Å². The van der Waals surface area contributed by atoms with Crippen LogP contribution in [-0.4, -0.2) is 38.1 Å². The molecule has 1 atom stereocenters. The van der Waals surface area contributed by atoms with Gasteiger partial charge in [-0.15, -0.1) is 0 Å². The van der Waals surface area contributed by atoms with Crippen LogP contribution in [0.1, 0.15) is 18.6 Å². The molecule has 20 heavy (non-hydrogen) atoms. The average Bonchev–Trinajstić information content (AvgIpc) is 3.02. The molecule has 112 valence electrons. The van der Waals surface area contributed by atoms with Gasteiger partial charge in [0, 0.05) is 6.54 Å². The van der Waals surface area contributed by atoms with E-state index in [2.05, 4.69) is 5.32 Å². The Labute approximate surface area is 123 Å². The molecule has 0 saturated carbocycles. The SMILES string of the molecule is O=C(NCCCSCc1ccco1)[C@@H]1CCS(=O)(=O)C1. The van der Waals surface area contributed by atoms with Gasteiger partial charge in [0.1, 0.15) is 5.76 Å². The summed E-state index contributed by atoms with van der Waals surface area (Å²) in [6.45, 7) is 0.598. The van der Waals surface area contributed by atoms with E-state index >= 15 is 0 Å². The Morgan fingerprint density at radius 3 is 3.00 bits per heavy atom. The topological polar surface area (TPSA) is 76.4 Å². The molecule has 0 aliphatic carbocycles. The largest absolute Gasteiger partial charge is 0.468 e. The Morgan fingerprint density at radius 2 is 2.35 bits per heavy atom. The molecule has 0 spiro atoms. The Kier molecular flexibility index (Phi) is 5.54. The fourth-order valence-corrected chi connectivity index (χ4v) is 4.70. The number of amides is 1. The first-order valence-corrected chi connectivity index (χ1v) is 9.63.